The van der Waals surface area contributed by atoms with E-state index in [9.17, 15) is 4.39 Å². The lowest BCUT2D eigenvalue weighted by Gasteiger charge is -2.35. The number of hydrogen-bond acceptors (Lipinski definition) is 4. The first-order chi connectivity index (χ1) is 14.2. The number of hydrogen-bond donors (Lipinski definition) is 1. The molecule has 0 unspecified atom stereocenters. The quantitative estimate of drug-likeness (QED) is 0.813. The largest absolute Gasteiger partial charge is 0.497 e. The molecule has 1 saturated heterocycles. The first kappa shape index (κ1) is 19.7. The van der Waals surface area contributed by atoms with Crippen LogP contribution in [0.25, 0.3) is 5.70 Å². The zero-order chi connectivity index (χ0) is 20.1. The summed E-state index contributed by atoms with van der Waals surface area (Å²) in [6.45, 7) is 7.00. The van der Waals surface area contributed by atoms with Crippen molar-refractivity contribution in [3.8, 4) is 5.75 Å². The highest BCUT2D eigenvalue weighted by atomic mass is 19.1. The number of rotatable bonds is 6. The number of nitrogens with zero attached hydrogens (tertiary/aromatic N) is 2. The molecule has 0 amide bonds. The van der Waals surface area contributed by atoms with E-state index in [1.54, 1.807) is 19.2 Å². The Morgan fingerprint density at radius 3 is 2.10 bits per heavy atom. The SMILES string of the molecule is COc1ccc(C2=CC=C(CN3CCN(Cc4ccc(F)cc4)CC3)CN2)cc1. The Bertz CT molecular complexity index is 866. The first-order valence-corrected chi connectivity index (χ1v) is 10.2. The molecule has 152 valence electrons. The maximum Gasteiger partial charge on any atom is 0.123 e. The molecule has 1 fully saturated rings. The van der Waals surface area contributed by atoms with Gasteiger partial charge in [-0.15, -0.1) is 0 Å². The van der Waals surface area contributed by atoms with E-state index in [4.69, 9.17) is 4.74 Å². The van der Waals surface area contributed by atoms with Crippen LogP contribution >= 0.6 is 0 Å². The van der Waals surface area contributed by atoms with Crippen LogP contribution in [0.1, 0.15) is 11.1 Å². The van der Waals surface area contributed by atoms with Gasteiger partial charge in [0.1, 0.15) is 11.6 Å². The third kappa shape index (κ3) is 5.25. The second-order valence-corrected chi connectivity index (χ2v) is 7.67. The van der Waals surface area contributed by atoms with Crippen molar-refractivity contribution in [3.63, 3.8) is 0 Å². The second-order valence-electron chi connectivity index (χ2n) is 7.67. The number of methoxy groups -OCH3 is 1. The highest BCUT2D eigenvalue weighted by Gasteiger charge is 2.18. The minimum Gasteiger partial charge on any atom is -0.497 e. The molecule has 0 spiro atoms. The van der Waals surface area contributed by atoms with Crippen molar-refractivity contribution < 1.29 is 9.13 Å². The molecular formula is C24H28FN3O. The average Bonchev–Trinajstić information content (AvgIpc) is 2.77. The molecule has 0 radical (unpaired) electrons. The highest BCUT2D eigenvalue weighted by Crippen LogP contribution is 2.20. The van der Waals surface area contributed by atoms with Crippen LogP contribution in [-0.2, 0) is 6.54 Å². The Morgan fingerprint density at radius 1 is 0.862 bits per heavy atom. The maximum absolute atomic E-state index is 13.1. The van der Waals surface area contributed by atoms with Gasteiger partial charge in [0.05, 0.1) is 7.11 Å². The summed E-state index contributed by atoms with van der Waals surface area (Å²) in [5, 5.41) is 3.54. The molecule has 0 aliphatic carbocycles. The zero-order valence-electron chi connectivity index (χ0n) is 16.9. The van der Waals surface area contributed by atoms with Crippen molar-refractivity contribution in [2.45, 2.75) is 6.54 Å². The van der Waals surface area contributed by atoms with E-state index >= 15 is 0 Å². The molecule has 29 heavy (non-hydrogen) atoms. The predicted molar refractivity (Wildman–Crippen MR) is 115 cm³/mol. The average molecular weight is 394 g/mol. The van der Waals surface area contributed by atoms with E-state index in [0.717, 1.165) is 57.3 Å². The monoisotopic (exact) mass is 393 g/mol. The summed E-state index contributed by atoms with van der Waals surface area (Å²) in [5.74, 6) is 0.706. The molecule has 5 heteroatoms. The van der Waals surface area contributed by atoms with Crippen LogP contribution in [0.4, 0.5) is 4.39 Å². The number of benzene rings is 2. The van der Waals surface area contributed by atoms with Crippen LogP contribution in [0.3, 0.4) is 0 Å². The summed E-state index contributed by atoms with van der Waals surface area (Å²) in [7, 11) is 1.69. The molecular weight excluding hydrogens is 365 g/mol. The molecule has 2 heterocycles. The van der Waals surface area contributed by atoms with Crippen LogP contribution in [0.15, 0.2) is 66.3 Å². The molecule has 0 atom stereocenters. The molecule has 2 aliphatic rings. The number of ether oxygens (including phenoxy) is 1. The topological polar surface area (TPSA) is 27.7 Å². The summed E-state index contributed by atoms with van der Waals surface area (Å²) in [6, 6.07) is 15.0. The van der Waals surface area contributed by atoms with Crippen LogP contribution in [0.5, 0.6) is 5.75 Å². The summed E-state index contributed by atoms with van der Waals surface area (Å²) >= 11 is 0. The van der Waals surface area contributed by atoms with Gasteiger partial charge in [-0.25, -0.2) is 4.39 Å². The smallest absolute Gasteiger partial charge is 0.123 e. The lowest BCUT2D eigenvalue weighted by Crippen LogP contribution is -2.46. The van der Waals surface area contributed by atoms with Crippen molar-refractivity contribution in [2.75, 3.05) is 46.4 Å². The van der Waals surface area contributed by atoms with Gasteiger partial charge < -0.3 is 10.1 Å². The van der Waals surface area contributed by atoms with Crippen LogP contribution in [-0.4, -0.2) is 56.2 Å². The zero-order valence-corrected chi connectivity index (χ0v) is 16.9. The lowest BCUT2D eigenvalue weighted by molar-refractivity contribution is 0.134. The third-order valence-electron chi connectivity index (χ3n) is 5.60. The van der Waals surface area contributed by atoms with Crippen molar-refractivity contribution in [3.05, 3.63) is 83.2 Å². The van der Waals surface area contributed by atoms with E-state index in [0.29, 0.717) is 0 Å². The normalized spacial score (nSPS) is 18.0. The van der Waals surface area contributed by atoms with Crippen molar-refractivity contribution in [2.24, 2.45) is 0 Å². The molecule has 0 saturated carbocycles. The summed E-state index contributed by atoms with van der Waals surface area (Å²) in [4.78, 5) is 4.96. The molecule has 0 aromatic heterocycles. The van der Waals surface area contributed by atoms with E-state index in [1.165, 1.54) is 16.7 Å². The molecule has 0 bridgehead atoms. The maximum atomic E-state index is 13.1. The Hall–Kier alpha value is -2.63. The first-order valence-electron chi connectivity index (χ1n) is 10.2. The van der Waals surface area contributed by atoms with E-state index in [-0.39, 0.29) is 5.82 Å². The van der Waals surface area contributed by atoms with Crippen LogP contribution in [0.2, 0.25) is 0 Å². The minimum absolute atomic E-state index is 0.169. The van der Waals surface area contributed by atoms with Crippen molar-refractivity contribution in [1.82, 2.24) is 15.1 Å². The van der Waals surface area contributed by atoms with Crippen LogP contribution in [0, 0.1) is 5.82 Å². The molecule has 4 nitrogen and oxygen atoms in total. The molecule has 2 aromatic rings. The van der Waals surface area contributed by atoms with E-state index in [2.05, 4.69) is 39.4 Å². The van der Waals surface area contributed by atoms with E-state index in [1.807, 2.05) is 24.3 Å². The lowest BCUT2D eigenvalue weighted by atomic mass is 10.1. The molecule has 2 aliphatic heterocycles. The third-order valence-corrected chi connectivity index (χ3v) is 5.60. The second kappa shape index (κ2) is 9.25. The van der Waals surface area contributed by atoms with Gasteiger partial charge in [0.15, 0.2) is 0 Å². The Kier molecular flexibility index (Phi) is 6.27. The van der Waals surface area contributed by atoms with Gasteiger partial charge in [-0.1, -0.05) is 18.2 Å². The summed E-state index contributed by atoms with van der Waals surface area (Å²) < 4.78 is 18.3. The van der Waals surface area contributed by atoms with Crippen molar-refractivity contribution >= 4 is 5.70 Å². The van der Waals surface area contributed by atoms with Gasteiger partial charge in [0.25, 0.3) is 0 Å². The fourth-order valence-electron chi connectivity index (χ4n) is 3.85. The van der Waals surface area contributed by atoms with Gasteiger partial charge in [0.2, 0.25) is 0 Å². The van der Waals surface area contributed by atoms with Gasteiger partial charge >= 0.3 is 0 Å². The fraction of sp³-hybridized carbons (Fsp3) is 0.333. The molecule has 4 rings (SSSR count). The summed E-state index contributed by atoms with van der Waals surface area (Å²) in [5.41, 5.74) is 4.92. The summed E-state index contributed by atoms with van der Waals surface area (Å²) in [6.07, 6.45) is 4.42. The Balaban J connectivity index is 1.26. The Morgan fingerprint density at radius 2 is 1.52 bits per heavy atom. The van der Waals surface area contributed by atoms with Gasteiger partial charge in [-0.3, -0.25) is 9.80 Å². The number of nitrogens with one attached hydrogen (secondary N) is 1. The predicted octanol–water partition coefficient (Wildman–Crippen LogP) is 3.52. The fourth-order valence-corrected chi connectivity index (χ4v) is 3.85. The Labute approximate surface area is 172 Å². The number of halogens is 1. The number of piperazine rings is 1. The highest BCUT2D eigenvalue weighted by molar-refractivity contribution is 5.67. The molecule has 2 aromatic carbocycles. The minimum atomic E-state index is -0.169. The van der Waals surface area contributed by atoms with Crippen molar-refractivity contribution in [1.29, 1.82) is 0 Å². The standard InChI is InChI=1S/C24H28FN3O/c1-29-23-9-5-21(6-10-23)24-11-4-20(16-26-24)18-28-14-12-27(13-15-28)17-19-2-7-22(25)8-3-19/h2-11,26H,12-18H2,1H3. The molecule has 1 N–H and O–H groups in total. The van der Waals surface area contributed by atoms with E-state index < -0.39 is 0 Å². The van der Waals surface area contributed by atoms with Gasteiger partial charge in [0, 0.05) is 51.5 Å². The van der Waals surface area contributed by atoms with Crippen LogP contribution < -0.4 is 10.1 Å². The number of allylic oxidation sites excluding steroid dienone is 2. The van der Waals surface area contributed by atoms with Gasteiger partial charge in [-0.05, 0) is 59.2 Å². The number of dihydropyridines is 1. The van der Waals surface area contributed by atoms with Gasteiger partial charge in [-0.2, -0.15) is 0 Å².